The summed E-state index contributed by atoms with van der Waals surface area (Å²) in [5, 5.41) is 3.25. The molecule has 5 rings (SSSR count). The molecule has 4 aliphatic rings. The van der Waals surface area contributed by atoms with Gasteiger partial charge in [-0.15, -0.1) is 0 Å². The number of nitrogen functional groups attached to an aromatic ring is 1. The molecule has 98 valence electrons. The van der Waals surface area contributed by atoms with Crippen molar-refractivity contribution in [3.63, 3.8) is 0 Å². The predicted octanol–water partition coefficient (Wildman–Crippen LogP) is 1.99. The van der Waals surface area contributed by atoms with Crippen LogP contribution in [0, 0.1) is 24.7 Å². The largest absolute Gasteiger partial charge is 0.393 e. The third-order valence-electron chi connectivity index (χ3n) is 5.60. The Morgan fingerprint density at radius 2 is 1.67 bits per heavy atom. The van der Waals surface area contributed by atoms with Crippen LogP contribution in [0.5, 0.6) is 0 Å². The molecule has 0 atom stereocenters. The molecule has 0 radical (unpaired) electrons. The molecular formula is C14H21N3O. The standard InChI is InChI=1S/C14H21N3O/c1-8-12(15)13(18)17(16-8)14-5-9-2-10(6-14)4-11(3-9)7-14/h9-11,16H,2-7,15H2,1H3. The number of anilines is 1. The molecule has 4 fully saturated rings. The zero-order valence-corrected chi connectivity index (χ0v) is 10.9. The second-order valence-electron chi connectivity index (χ2n) is 6.93. The van der Waals surface area contributed by atoms with Gasteiger partial charge < -0.3 is 5.73 Å². The molecule has 0 spiro atoms. The third-order valence-corrected chi connectivity index (χ3v) is 5.60. The van der Waals surface area contributed by atoms with Gasteiger partial charge in [-0.2, -0.15) is 0 Å². The molecule has 1 aromatic heterocycles. The molecule has 4 nitrogen and oxygen atoms in total. The van der Waals surface area contributed by atoms with E-state index in [1.54, 1.807) is 0 Å². The van der Waals surface area contributed by atoms with Crippen LogP contribution in [0.4, 0.5) is 5.69 Å². The number of H-pyrrole nitrogens is 1. The lowest BCUT2D eigenvalue weighted by Crippen LogP contribution is -2.54. The van der Waals surface area contributed by atoms with Crippen LogP contribution < -0.4 is 11.3 Å². The van der Waals surface area contributed by atoms with E-state index in [0.29, 0.717) is 5.69 Å². The molecular weight excluding hydrogens is 226 g/mol. The Kier molecular flexibility index (Phi) is 1.92. The van der Waals surface area contributed by atoms with Gasteiger partial charge in [0.15, 0.2) is 0 Å². The second kappa shape index (κ2) is 3.22. The lowest BCUT2D eigenvalue weighted by atomic mass is 9.53. The SMILES string of the molecule is Cc1[nH]n(C23CC4CC(CC(C4)C2)C3)c(=O)c1N. The van der Waals surface area contributed by atoms with Crippen molar-refractivity contribution in [3.05, 3.63) is 16.0 Å². The number of aryl methyl sites for hydroxylation is 1. The van der Waals surface area contributed by atoms with Gasteiger partial charge in [0.2, 0.25) is 0 Å². The van der Waals surface area contributed by atoms with Crippen molar-refractivity contribution in [1.29, 1.82) is 0 Å². The lowest BCUT2D eigenvalue weighted by molar-refractivity contribution is -0.0510. The van der Waals surface area contributed by atoms with Crippen LogP contribution in [0.25, 0.3) is 0 Å². The first-order valence-corrected chi connectivity index (χ1v) is 7.15. The minimum Gasteiger partial charge on any atom is -0.393 e. The molecule has 0 aliphatic heterocycles. The van der Waals surface area contributed by atoms with Gasteiger partial charge in [-0.1, -0.05) is 0 Å². The van der Waals surface area contributed by atoms with Gasteiger partial charge in [0, 0.05) is 0 Å². The van der Waals surface area contributed by atoms with Gasteiger partial charge >= 0.3 is 0 Å². The number of aromatic nitrogens is 2. The molecule has 1 heterocycles. The number of nitrogens with one attached hydrogen (secondary N) is 1. The Morgan fingerprint density at radius 1 is 1.17 bits per heavy atom. The first-order valence-electron chi connectivity index (χ1n) is 7.15. The van der Waals surface area contributed by atoms with E-state index in [1.165, 1.54) is 38.5 Å². The van der Waals surface area contributed by atoms with Crippen LogP contribution in [0.1, 0.15) is 44.2 Å². The monoisotopic (exact) mass is 247 g/mol. The van der Waals surface area contributed by atoms with Crippen LogP contribution in [0.2, 0.25) is 0 Å². The number of hydrogen-bond acceptors (Lipinski definition) is 2. The number of hydrogen-bond donors (Lipinski definition) is 2. The summed E-state index contributed by atoms with van der Waals surface area (Å²) in [6.07, 6.45) is 7.71. The number of nitrogens with two attached hydrogens (primary N) is 1. The summed E-state index contributed by atoms with van der Waals surface area (Å²) < 4.78 is 1.89. The fraction of sp³-hybridized carbons (Fsp3) is 0.786. The average Bonchev–Trinajstić information content (AvgIpc) is 2.56. The highest BCUT2D eigenvalue weighted by molar-refractivity contribution is 5.40. The normalized spacial score (nSPS) is 41.5. The molecule has 0 aromatic carbocycles. The first-order chi connectivity index (χ1) is 8.57. The highest BCUT2D eigenvalue weighted by Gasteiger charge is 2.52. The van der Waals surface area contributed by atoms with Crippen LogP contribution in [0.15, 0.2) is 4.79 Å². The fourth-order valence-electron chi connectivity index (χ4n) is 5.23. The van der Waals surface area contributed by atoms with Crippen molar-refractivity contribution in [2.24, 2.45) is 17.8 Å². The zero-order valence-electron chi connectivity index (χ0n) is 10.9. The Hall–Kier alpha value is -1.19. The molecule has 0 unspecified atom stereocenters. The Balaban J connectivity index is 1.84. The maximum Gasteiger partial charge on any atom is 0.290 e. The highest BCUT2D eigenvalue weighted by Crippen LogP contribution is 2.58. The van der Waals surface area contributed by atoms with Crippen molar-refractivity contribution in [2.45, 2.75) is 51.0 Å². The first kappa shape index (κ1) is 10.7. The van der Waals surface area contributed by atoms with Gasteiger partial charge in [-0.25, -0.2) is 4.68 Å². The van der Waals surface area contributed by atoms with Gasteiger partial charge in [0.1, 0.15) is 5.69 Å². The third kappa shape index (κ3) is 1.24. The number of aromatic amines is 1. The second-order valence-corrected chi connectivity index (χ2v) is 6.93. The molecule has 4 saturated carbocycles. The van der Waals surface area contributed by atoms with Gasteiger partial charge in [-0.05, 0) is 63.2 Å². The van der Waals surface area contributed by atoms with Crippen LogP contribution in [-0.2, 0) is 5.54 Å². The van der Waals surface area contributed by atoms with Gasteiger partial charge in [0.25, 0.3) is 5.56 Å². The van der Waals surface area contributed by atoms with E-state index >= 15 is 0 Å². The molecule has 4 aliphatic carbocycles. The average molecular weight is 247 g/mol. The quantitative estimate of drug-likeness (QED) is 0.797. The number of nitrogens with zero attached hydrogens (tertiary/aromatic N) is 1. The van der Waals surface area contributed by atoms with Crippen LogP contribution in [0.3, 0.4) is 0 Å². The summed E-state index contributed by atoms with van der Waals surface area (Å²) in [7, 11) is 0. The summed E-state index contributed by atoms with van der Waals surface area (Å²) in [6, 6.07) is 0. The molecule has 1 aromatic rings. The molecule has 4 bridgehead atoms. The van der Waals surface area contributed by atoms with E-state index in [-0.39, 0.29) is 11.1 Å². The summed E-state index contributed by atoms with van der Waals surface area (Å²) in [4.78, 5) is 12.3. The molecule has 0 amide bonds. The number of rotatable bonds is 1. The highest BCUT2D eigenvalue weighted by atomic mass is 16.1. The molecule has 4 heteroatoms. The van der Waals surface area contributed by atoms with Crippen LogP contribution in [-0.4, -0.2) is 9.78 Å². The molecule has 0 saturated heterocycles. The smallest absolute Gasteiger partial charge is 0.290 e. The van der Waals surface area contributed by atoms with Crippen molar-refractivity contribution < 1.29 is 0 Å². The summed E-state index contributed by atoms with van der Waals surface area (Å²) in [6.45, 7) is 1.90. The van der Waals surface area contributed by atoms with E-state index in [0.717, 1.165) is 23.4 Å². The summed E-state index contributed by atoms with van der Waals surface area (Å²) in [5.41, 5.74) is 7.17. The van der Waals surface area contributed by atoms with Crippen molar-refractivity contribution in [2.75, 3.05) is 5.73 Å². The summed E-state index contributed by atoms with van der Waals surface area (Å²) >= 11 is 0. The topological polar surface area (TPSA) is 63.8 Å². The maximum atomic E-state index is 12.3. The summed E-state index contributed by atoms with van der Waals surface area (Å²) in [5.74, 6) is 2.52. The van der Waals surface area contributed by atoms with E-state index in [9.17, 15) is 4.79 Å². The van der Waals surface area contributed by atoms with Crippen LogP contribution >= 0.6 is 0 Å². The molecule has 3 N–H and O–H groups in total. The fourth-order valence-corrected chi connectivity index (χ4v) is 5.23. The Bertz CT molecular complexity index is 519. The van der Waals surface area contributed by atoms with Crippen molar-refractivity contribution in [1.82, 2.24) is 9.78 Å². The zero-order chi connectivity index (χ0) is 12.5. The van der Waals surface area contributed by atoms with Gasteiger partial charge in [0.05, 0.1) is 11.2 Å². The van der Waals surface area contributed by atoms with Crippen molar-refractivity contribution in [3.8, 4) is 0 Å². The van der Waals surface area contributed by atoms with E-state index in [2.05, 4.69) is 5.10 Å². The lowest BCUT2D eigenvalue weighted by Gasteiger charge is -2.56. The Morgan fingerprint density at radius 3 is 2.06 bits per heavy atom. The minimum absolute atomic E-state index is 0.00875. The Labute approximate surface area is 107 Å². The predicted molar refractivity (Wildman–Crippen MR) is 70.3 cm³/mol. The van der Waals surface area contributed by atoms with Gasteiger partial charge in [-0.3, -0.25) is 9.89 Å². The maximum absolute atomic E-state index is 12.3. The van der Waals surface area contributed by atoms with E-state index in [4.69, 9.17) is 5.73 Å². The van der Waals surface area contributed by atoms with E-state index < -0.39 is 0 Å². The molecule has 18 heavy (non-hydrogen) atoms. The minimum atomic E-state index is 0.00875. The van der Waals surface area contributed by atoms with E-state index in [1.807, 2.05) is 11.6 Å². The van der Waals surface area contributed by atoms with Crippen molar-refractivity contribution >= 4 is 5.69 Å².